The Balaban J connectivity index is 1.31. The molecule has 136 valence electrons. The number of nitrogens with one attached hydrogen (secondary N) is 2. The number of hydrogen-bond acceptors (Lipinski definition) is 4. The number of piperidine rings is 1. The molecule has 1 atom stereocenters. The third-order valence-electron chi connectivity index (χ3n) is 5.01. The largest absolute Gasteiger partial charge is 0.342 e. The number of carbonyl (C=O) groups is 1. The predicted molar refractivity (Wildman–Crippen MR) is 108 cm³/mol. The van der Waals surface area contributed by atoms with Crippen LogP contribution in [0.25, 0.3) is 21.3 Å². The molecule has 1 unspecified atom stereocenters. The fourth-order valence-corrected chi connectivity index (χ4v) is 4.50. The maximum absolute atomic E-state index is 12.7. The standard InChI is InChI=1S/C20H19N5OS/c26-20(24-19-23-16-9-3-4-10-17(16)27-19)25-11-5-6-13(12-25)18-21-14-7-1-2-8-15(14)22-18/h1-4,7-10,13H,5-6,11-12H2,(H,21,22)(H,23,24,26). The van der Waals surface area contributed by atoms with Crippen LogP contribution in [0, 0.1) is 0 Å². The van der Waals surface area contributed by atoms with Crippen molar-refractivity contribution < 1.29 is 4.79 Å². The molecule has 0 spiro atoms. The van der Waals surface area contributed by atoms with Crippen molar-refractivity contribution in [2.45, 2.75) is 18.8 Å². The van der Waals surface area contributed by atoms with Gasteiger partial charge in [-0.3, -0.25) is 5.32 Å². The Hall–Kier alpha value is -2.93. The number of H-pyrrole nitrogens is 1. The van der Waals surface area contributed by atoms with Crippen LogP contribution in [0.2, 0.25) is 0 Å². The quantitative estimate of drug-likeness (QED) is 0.537. The van der Waals surface area contributed by atoms with Gasteiger partial charge in [-0.15, -0.1) is 0 Å². The van der Waals surface area contributed by atoms with Crippen LogP contribution in [0.15, 0.2) is 48.5 Å². The molecule has 0 radical (unpaired) electrons. The number of para-hydroxylation sites is 3. The molecule has 27 heavy (non-hydrogen) atoms. The summed E-state index contributed by atoms with van der Waals surface area (Å²) < 4.78 is 1.08. The number of aromatic nitrogens is 3. The molecule has 5 rings (SSSR count). The van der Waals surface area contributed by atoms with E-state index in [2.05, 4.69) is 15.3 Å². The molecule has 7 heteroatoms. The van der Waals surface area contributed by atoms with Gasteiger partial charge in [0.2, 0.25) is 0 Å². The van der Waals surface area contributed by atoms with Crippen molar-refractivity contribution in [1.29, 1.82) is 0 Å². The number of rotatable bonds is 2. The number of aromatic amines is 1. The number of benzene rings is 2. The Labute approximate surface area is 160 Å². The third kappa shape index (κ3) is 3.14. The smallest absolute Gasteiger partial charge is 0.323 e. The van der Waals surface area contributed by atoms with Gasteiger partial charge in [0.15, 0.2) is 5.13 Å². The van der Waals surface area contributed by atoms with E-state index in [1.807, 2.05) is 53.4 Å². The highest BCUT2D eigenvalue weighted by Gasteiger charge is 2.27. The number of carbonyl (C=O) groups excluding carboxylic acids is 1. The molecule has 2 aromatic heterocycles. The van der Waals surface area contributed by atoms with Crippen LogP contribution >= 0.6 is 11.3 Å². The van der Waals surface area contributed by atoms with E-state index < -0.39 is 0 Å². The number of thiazole rings is 1. The predicted octanol–water partition coefficient (Wildman–Crippen LogP) is 4.58. The number of urea groups is 1. The highest BCUT2D eigenvalue weighted by molar-refractivity contribution is 7.22. The molecule has 2 amide bonds. The molecule has 1 fully saturated rings. The van der Waals surface area contributed by atoms with Crippen molar-refractivity contribution in [3.8, 4) is 0 Å². The zero-order valence-electron chi connectivity index (χ0n) is 14.7. The number of imidazole rings is 1. The van der Waals surface area contributed by atoms with Crippen LogP contribution < -0.4 is 5.32 Å². The summed E-state index contributed by atoms with van der Waals surface area (Å²) in [5, 5.41) is 3.61. The van der Waals surface area contributed by atoms with Gasteiger partial charge in [-0.25, -0.2) is 14.8 Å². The maximum atomic E-state index is 12.7. The van der Waals surface area contributed by atoms with Gasteiger partial charge in [-0.05, 0) is 37.1 Å². The highest BCUT2D eigenvalue weighted by Crippen LogP contribution is 2.29. The molecule has 2 aromatic carbocycles. The van der Waals surface area contributed by atoms with Crippen LogP contribution in [-0.2, 0) is 0 Å². The van der Waals surface area contributed by atoms with Gasteiger partial charge in [0.05, 0.1) is 21.3 Å². The number of likely N-dealkylation sites (tertiary alicyclic amines) is 1. The summed E-state index contributed by atoms with van der Waals surface area (Å²) in [6.07, 6.45) is 2.00. The van der Waals surface area contributed by atoms with E-state index >= 15 is 0 Å². The minimum Gasteiger partial charge on any atom is -0.342 e. The van der Waals surface area contributed by atoms with Crippen molar-refractivity contribution >= 4 is 43.7 Å². The van der Waals surface area contributed by atoms with Crippen LogP contribution in [0.4, 0.5) is 9.93 Å². The lowest BCUT2D eigenvalue weighted by molar-refractivity contribution is 0.191. The van der Waals surface area contributed by atoms with Crippen LogP contribution in [0.3, 0.4) is 0 Å². The van der Waals surface area contributed by atoms with Crippen molar-refractivity contribution in [1.82, 2.24) is 19.9 Å². The van der Waals surface area contributed by atoms with Crippen molar-refractivity contribution in [3.63, 3.8) is 0 Å². The lowest BCUT2D eigenvalue weighted by Crippen LogP contribution is -2.41. The van der Waals surface area contributed by atoms with Gasteiger partial charge in [-0.2, -0.15) is 0 Å². The van der Waals surface area contributed by atoms with Crippen LogP contribution in [-0.4, -0.2) is 39.0 Å². The summed E-state index contributed by atoms with van der Waals surface area (Å²) in [6, 6.07) is 15.9. The molecule has 3 heterocycles. The van der Waals surface area contributed by atoms with Gasteiger partial charge in [0, 0.05) is 19.0 Å². The Morgan fingerprint density at radius 3 is 2.78 bits per heavy atom. The maximum Gasteiger partial charge on any atom is 0.323 e. The summed E-state index contributed by atoms with van der Waals surface area (Å²) in [5.74, 6) is 1.20. The fourth-order valence-electron chi connectivity index (χ4n) is 3.65. The summed E-state index contributed by atoms with van der Waals surface area (Å²) in [6.45, 7) is 1.42. The molecule has 4 aromatic rings. The fraction of sp³-hybridized carbons (Fsp3) is 0.250. The summed E-state index contributed by atoms with van der Waals surface area (Å²) >= 11 is 1.50. The zero-order chi connectivity index (χ0) is 18.2. The van der Waals surface area contributed by atoms with Gasteiger partial charge in [-0.1, -0.05) is 35.6 Å². The second-order valence-corrected chi connectivity index (χ2v) is 7.87. The number of anilines is 1. The summed E-state index contributed by atoms with van der Waals surface area (Å²) in [4.78, 5) is 27.2. The number of nitrogens with zero attached hydrogens (tertiary/aromatic N) is 3. The first kappa shape index (κ1) is 16.3. The minimum absolute atomic E-state index is 0.0881. The second-order valence-electron chi connectivity index (χ2n) is 6.84. The van der Waals surface area contributed by atoms with E-state index in [1.54, 1.807) is 0 Å². The van der Waals surface area contributed by atoms with E-state index in [4.69, 9.17) is 4.98 Å². The van der Waals surface area contributed by atoms with Gasteiger partial charge in [0.25, 0.3) is 0 Å². The van der Waals surface area contributed by atoms with Crippen molar-refractivity contribution in [3.05, 3.63) is 54.4 Å². The average molecular weight is 377 g/mol. The molecular weight excluding hydrogens is 358 g/mol. The highest BCUT2D eigenvalue weighted by atomic mass is 32.1. The molecular formula is C20H19N5OS. The SMILES string of the molecule is O=C(Nc1nc2ccccc2s1)N1CCCC(c2nc3ccccc3[nH]2)C1. The van der Waals surface area contributed by atoms with E-state index in [-0.39, 0.29) is 11.9 Å². The Kier molecular flexibility index (Phi) is 4.01. The monoisotopic (exact) mass is 377 g/mol. The molecule has 0 saturated carbocycles. The molecule has 2 N–H and O–H groups in total. The van der Waals surface area contributed by atoms with Crippen molar-refractivity contribution in [2.75, 3.05) is 18.4 Å². The normalized spacial score (nSPS) is 17.5. The first-order valence-electron chi connectivity index (χ1n) is 9.12. The zero-order valence-corrected chi connectivity index (χ0v) is 15.5. The Morgan fingerprint density at radius 2 is 1.93 bits per heavy atom. The molecule has 0 aliphatic carbocycles. The first-order chi connectivity index (χ1) is 13.3. The van der Waals surface area contributed by atoms with Gasteiger partial charge >= 0.3 is 6.03 Å². The topological polar surface area (TPSA) is 73.9 Å². The summed E-state index contributed by atoms with van der Waals surface area (Å²) in [5.41, 5.74) is 2.93. The van der Waals surface area contributed by atoms with Crippen LogP contribution in [0.5, 0.6) is 0 Å². The van der Waals surface area contributed by atoms with E-state index in [1.165, 1.54) is 11.3 Å². The van der Waals surface area contributed by atoms with E-state index in [9.17, 15) is 4.79 Å². The lowest BCUT2D eigenvalue weighted by Gasteiger charge is -2.31. The summed E-state index contributed by atoms with van der Waals surface area (Å²) in [7, 11) is 0. The molecule has 1 aliphatic rings. The number of amides is 2. The molecule has 0 bridgehead atoms. The third-order valence-corrected chi connectivity index (χ3v) is 5.96. The second kappa shape index (κ2) is 6.66. The average Bonchev–Trinajstić information content (AvgIpc) is 3.31. The number of fused-ring (bicyclic) bond motifs is 2. The van der Waals surface area contributed by atoms with Crippen LogP contribution in [0.1, 0.15) is 24.6 Å². The van der Waals surface area contributed by atoms with Crippen molar-refractivity contribution in [2.24, 2.45) is 0 Å². The minimum atomic E-state index is -0.0881. The Morgan fingerprint density at radius 1 is 1.11 bits per heavy atom. The molecule has 1 aliphatic heterocycles. The van der Waals surface area contributed by atoms with Gasteiger partial charge < -0.3 is 9.88 Å². The lowest BCUT2D eigenvalue weighted by atomic mass is 9.98. The van der Waals surface area contributed by atoms with E-state index in [0.29, 0.717) is 11.7 Å². The Bertz CT molecular complexity index is 1050. The molecule has 6 nitrogen and oxygen atoms in total. The first-order valence-corrected chi connectivity index (χ1v) is 9.94. The van der Waals surface area contributed by atoms with E-state index in [0.717, 1.165) is 46.5 Å². The van der Waals surface area contributed by atoms with Gasteiger partial charge in [0.1, 0.15) is 5.82 Å². The number of hydrogen-bond donors (Lipinski definition) is 2. The molecule has 1 saturated heterocycles.